The minimum absolute atomic E-state index is 0.0633. The predicted octanol–water partition coefficient (Wildman–Crippen LogP) is 3.73. The summed E-state index contributed by atoms with van der Waals surface area (Å²) in [5.74, 6) is 0.976. The van der Waals surface area contributed by atoms with Gasteiger partial charge in [-0.2, -0.15) is 0 Å². The second-order valence-electron chi connectivity index (χ2n) is 7.54. The van der Waals surface area contributed by atoms with Crippen molar-refractivity contribution in [1.82, 2.24) is 14.6 Å². The zero-order chi connectivity index (χ0) is 22.6. The molecule has 2 amide bonds. The van der Waals surface area contributed by atoms with E-state index in [1.165, 1.54) is 10.8 Å². The Morgan fingerprint density at radius 1 is 1.06 bits per heavy atom. The number of hydrogen-bond donors (Lipinski definition) is 2. The van der Waals surface area contributed by atoms with Crippen LogP contribution in [0.5, 0.6) is 11.6 Å². The predicted molar refractivity (Wildman–Crippen MR) is 118 cm³/mol. The average Bonchev–Trinajstić information content (AvgIpc) is 3.49. The normalized spacial score (nSPS) is 14.2. The first kappa shape index (κ1) is 20.7. The second-order valence-corrected chi connectivity index (χ2v) is 7.54. The minimum Gasteiger partial charge on any atom is -0.459 e. The van der Waals surface area contributed by atoms with Gasteiger partial charge in [0.05, 0.1) is 12.5 Å². The number of fused-ring (bicyclic) bond motifs is 1. The minimum atomic E-state index is -0.356. The molecule has 10 heteroatoms. The van der Waals surface area contributed by atoms with Crippen molar-refractivity contribution in [2.45, 2.75) is 12.8 Å². The summed E-state index contributed by atoms with van der Waals surface area (Å²) in [4.78, 5) is 29.0. The monoisotopic (exact) mass is 447 g/mol. The summed E-state index contributed by atoms with van der Waals surface area (Å²) in [7, 11) is 0. The lowest BCUT2D eigenvalue weighted by atomic mass is 10.00. The Kier molecular flexibility index (Phi) is 5.73. The van der Waals surface area contributed by atoms with Gasteiger partial charge in [0.25, 0.3) is 5.91 Å². The number of amides is 2. The molecule has 1 saturated heterocycles. The summed E-state index contributed by atoms with van der Waals surface area (Å²) in [6.45, 7) is 1.19. The van der Waals surface area contributed by atoms with Crippen molar-refractivity contribution in [2.75, 3.05) is 23.8 Å². The Hall–Kier alpha value is -4.18. The maximum absolute atomic E-state index is 12.4. The number of carbonyl (C=O) groups is 2. The smallest absolute Gasteiger partial charge is 0.291 e. The molecule has 0 aliphatic carbocycles. The van der Waals surface area contributed by atoms with E-state index >= 15 is 0 Å². The van der Waals surface area contributed by atoms with E-state index in [4.69, 9.17) is 13.9 Å². The number of nitrogens with one attached hydrogen (secondary N) is 2. The third-order valence-electron chi connectivity index (χ3n) is 5.20. The van der Waals surface area contributed by atoms with Crippen molar-refractivity contribution in [1.29, 1.82) is 0 Å². The number of anilines is 2. The summed E-state index contributed by atoms with van der Waals surface area (Å²) in [6.07, 6.45) is 4.49. The van der Waals surface area contributed by atoms with Gasteiger partial charge < -0.3 is 24.5 Å². The fourth-order valence-electron chi connectivity index (χ4n) is 3.53. The molecule has 10 nitrogen and oxygen atoms in total. The quantitative estimate of drug-likeness (QED) is 0.462. The highest BCUT2D eigenvalue weighted by Crippen LogP contribution is 2.24. The molecule has 1 fully saturated rings. The van der Waals surface area contributed by atoms with Crippen LogP contribution in [0.3, 0.4) is 0 Å². The van der Waals surface area contributed by atoms with Crippen molar-refractivity contribution in [3.8, 4) is 11.6 Å². The number of ether oxygens (including phenoxy) is 2. The molecule has 4 aromatic rings. The molecule has 0 bridgehead atoms. The van der Waals surface area contributed by atoms with Gasteiger partial charge in [0, 0.05) is 37.0 Å². The fourth-order valence-corrected chi connectivity index (χ4v) is 3.53. The first-order valence-electron chi connectivity index (χ1n) is 10.5. The van der Waals surface area contributed by atoms with Crippen LogP contribution in [-0.2, 0) is 9.53 Å². The van der Waals surface area contributed by atoms with Gasteiger partial charge in [-0.25, -0.2) is 9.50 Å². The molecule has 2 N–H and O–H groups in total. The van der Waals surface area contributed by atoms with Crippen LogP contribution < -0.4 is 15.4 Å². The molecule has 1 aliphatic heterocycles. The Bertz CT molecular complexity index is 1280. The molecule has 33 heavy (non-hydrogen) atoms. The summed E-state index contributed by atoms with van der Waals surface area (Å²) < 4.78 is 17.8. The Labute approximate surface area is 188 Å². The fraction of sp³-hybridized carbons (Fsp3) is 0.217. The van der Waals surface area contributed by atoms with Crippen molar-refractivity contribution in [3.05, 3.63) is 66.8 Å². The summed E-state index contributed by atoms with van der Waals surface area (Å²) in [5, 5.41) is 10.0. The highest BCUT2D eigenvalue weighted by Gasteiger charge is 2.22. The SMILES string of the molecule is O=C(Nc1cccc(Oc2ccc3nc(NC(=O)C4CCOCC4)cn3n2)c1)c1ccco1. The molecular weight excluding hydrogens is 426 g/mol. The van der Waals surface area contributed by atoms with E-state index in [0.717, 1.165) is 0 Å². The van der Waals surface area contributed by atoms with E-state index in [9.17, 15) is 9.59 Å². The molecular formula is C23H21N5O5. The molecule has 0 unspecified atom stereocenters. The van der Waals surface area contributed by atoms with Crippen LogP contribution in [-0.4, -0.2) is 39.6 Å². The molecule has 5 rings (SSSR count). The Morgan fingerprint density at radius 2 is 1.94 bits per heavy atom. The number of imidazole rings is 1. The van der Waals surface area contributed by atoms with E-state index in [1.54, 1.807) is 54.7 Å². The average molecular weight is 447 g/mol. The first-order chi connectivity index (χ1) is 16.1. The molecule has 0 atom stereocenters. The van der Waals surface area contributed by atoms with Crippen LogP contribution in [0.2, 0.25) is 0 Å². The standard InChI is InChI=1S/C23H21N5O5/c29-22(15-8-11-31-12-9-15)26-19-14-28-20(25-19)6-7-21(27-28)33-17-4-1-3-16(13-17)24-23(30)18-5-2-10-32-18/h1-7,10,13-15H,8-9,11-12H2,(H,24,30)(H,26,29). The van der Waals surface area contributed by atoms with Gasteiger partial charge in [-0.05, 0) is 43.2 Å². The van der Waals surface area contributed by atoms with Crippen molar-refractivity contribution >= 4 is 29.0 Å². The van der Waals surface area contributed by atoms with E-state index in [1.807, 2.05) is 0 Å². The molecule has 0 spiro atoms. The Morgan fingerprint density at radius 3 is 2.76 bits per heavy atom. The molecule has 1 aliphatic rings. The summed E-state index contributed by atoms with van der Waals surface area (Å²) >= 11 is 0. The van der Waals surface area contributed by atoms with Gasteiger partial charge in [-0.1, -0.05) is 6.07 Å². The lowest BCUT2D eigenvalue weighted by Gasteiger charge is -2.20. The van der Waals surface area contributed by atoms with Crippen LogP contribution in [0.15, 0.2) is 65.4 Å². The highest BCUT2D eigenvalue weighted by atomic mass is 16.5. The van der Waals surface area contributed by atoms with Gasteiger partial charge in [-0.15, -0.1) is 5.10 Å². The van der Waals surface area contributed by atoms with Gasteiger partial charge >= 0.3 is 0 Å². The van der Waals surface area contributed by atoms with Gasteiger partial charge in [0.15, 0.2) is 17.2 Å². The van der Waals surface area contributed by atoms with Crippen molar-refractivity contribution in [3.63, 3.8) is 0 Å². The van der Waals surface area contributed by atoms with Crippen molar-refractivity contribution < 1.29 is 23.5 Å². The molecule has 1 aromatic carbocycles. The van der Waals surface area contributed by atoms with Crippen molar-refractivity contribution in [2.24, 2.45) is 5.92 Å². The number of hydrogen-bond acceptors (Lipinski definition) is 7. The zero-order valence-electron chi connectivity index (χ0n) is 17.6. The molecule has 168 valence electrons. The third-order valence-corrected chi connectivity index (χ3v) is 5.20. The van der Waals surface area contributed by atoms with E-state index < -0.39 is 0 Å². The number of aromatic nitrogens is 3. The second kappa shape index (κ2) is 9.13. The van der Waals surface area contributed by atoms with Crippen LogP contribution in [0.25, 0.3) is 5.65 Å². The Balaban J connectivity index is 1.26. The number of carbonyl (C=O) groups excluding carboxylic acids is 2. The summed E-state index contributed by atoms with van der Waals surface area (Å²) in [6, 6.07) is 13.6. The van der Waals surface area contributed by atoms with Gasteiger partial charge in [0.2, 0.25) is 11.8 Å². The van der Waals surface area contributed by atoms with Crippen LogP contribution in [0.1, 0.15) is 23.4 Å². The topological polar surface area (TPSA) is 120 Å². The van der Waals surface area contributed by atoms with Crippen LogP contribution >= 0.6 is 0 Å². The van der Waals surface area contributed by atoms with E-state index in [-0.39, 0.29) is 23.5 Å². The maximum atomic E-state index is 12.4. The first-order valence-corrected chi connectivity index (χ1v) is 10.5. The zero-order valence-corrected chi connectivity index (χ0v) is 17.6. The molecule has 0 saturated carbocycles. The largest absolute Gasteiger partial charge is 0.459 e. The third kappa shape index (κ3) is 4.85. The number of furan rings is 1. The van der Waals surface area contributed by atoms with E-state index in [0.29, 0.717) is 54.8 Å². The van der Waals surface area contributed by atoms with Crippen LogP contribution in [0.4, 0.5) is 11.5 Å². The molecule has 0 radical (unpaired) electrons. The molecule has 3 aromatic heterocycles. The lowest BCUT2D eigenvalue weighted by Crippen LogP contribution is -2.28. The summed E-state index contributed by atoms with van der Waals surface area (Å²) in [5.41, 5.74) is 1.12. The lowest BCUT2D eigenvalue weighted by molar-refractivity contribution is -0.122. The number of rotatable bonds is 6. The molecule has 4 heterocycles. The van der Waals surface area contributed by atoms with Crippen LogP contribution in [0, 0.1) is 5.92 Å². The van der Waals surface area contributed by atoms with Gasteiger partial charge in [0.1, 0.15) is 5.75 Å². The number of nitrogens with zero attached hydrogens (tertiary/aromatic N) is 3. The number of benzene rings is 1. The van der Waals surface area contributed by atoms with Gasteiger partial charge in [-0.3, -0.25) is 9.59 Å². The highest BCUT2D eigenvalue weighted by molar-refractivity contribution is 6.02. The van der Waals surface area contributed by atoms with E-state index in [2.05, 4.69) is 20.7 Å². The maximum Gasteiger partial charge on any atom is 0.291 e.